The van der Waals surface area contributed by atoms with Gasteiger partial charge in [0.05, 0.1) is 0 Å². The highest BCUT2D eigenvalue weighted by Gasteiger charge is 2.30. The summed E-state index contributed by atoms with van der Waals surface area (Å²) < 4.78 is 5.37. The van der Waals surface area contributed by atoms with E-state index in [-0.39, 0.29) is 23.7 Å². The van der Waals surface area contributed by atoms with Gasteiger partial charge in [0.25, 0.3) is 0 Å². The molecule has 136 valence electrons. The lowest BCUT2D eigenvalue weighted by molar-refractivity contribution is -0.114. The van der Waals surface area contributed by atoms with Crippen molar-refractivity contribution < 1.29 is 19.1 Å². The van der Waals surface area contributed by atoms with Crippen molar-refractivity contribution in [2.45, 2.75) is 46.1 Å². The molecule has 0 saturated carbocycles. The molecule has 25 heavy (non-hydrogen) atoms. The fourth-order valence-electron chi connectivity index (χ4n) is 2.81. The first-order chi connectivity index (χ1) is 11.7. The van der Waals surface area contributed by atoms with Crippen LogP contribution in [0.25, 0.3) is 0 Å². The predicted molar refractivity (Wildman–Crippen MR) is 95.6 cm³/mol. The molecule has 1 aliphatic rings. The van der Waals surface area contributed by atoms with Gasteiger partial charge < -0.3 is 15.0 Å². The van der Waals surface area contributed by atoms with Crippen molar-refractivity contribution >= 4 is 23.5 Å². The van der Waals surface area contributed by atoms with Gasteiger partial charge in [0.1, 0.15) is 5.60 Å². The second-order valence-electron chi connectivity index (χ2n) is 7.36. The molecule has 0 atom stereocenters. The summed E-state index contributed by atoms with van der Waals surface area (Å²) in [6.07, 6.45) is 0.940. The Kier molecular flexibility index (Phi) is 5.82. The summed E-state index contributed by atoms with van der Waals surface area (Å²) in [4.78, 5) is 37.4. The van der Waals surface area contributed by atoms with Gasteiger partial charge in [-0.15, -0.1) is 0 Å². The van der Waals surface area contributed by atoms with Crippen molar-refractivity contribution in [1.29, 1.82) is 0 Å². The third-order valence-electron chi connectivity index (χ3n) is 4.01. The van der Waals surface area contributed by atoms with Crippen molar-refractivity contribution in [2.24, 2.45) is 5.92 Å². The highest BCUT2D eigenvalue weighted by atomic mass is 16.6. The molecule has 0 aromatic heterocycles. The molecule has 1 heterocycles. The van der Waals surface area contributed by atoms with Crippen LogP contribution in [0.3, 0.4) is 0 Å². The first kappa shape index (κ1) is 19.0. The van der Waals surface area contributed by atoms with Gasteiger partial charge in [-0.3, -0.25) is 9.59 Å². The van der Waals surface area contributed by atoms with Gasteiger partial charge in [-0.2, -0.15) is 0 Å². The van der Waals surface area contributed by atoms with Crippen molar-refractivity contribution in [3.05, 3.63) is 29.8 Å². The smallest absolute Gasteiger partial charge is 0.410 e. The summed E-state index contributed by atoms with van der Waals surface area (Å²) in [7, 11) is 0. The van der Waals surface area contributed by atoms with Crippen LogP contribution in [0.4, 0.5) is 10.5 Å². The van der Waals surface area contributed by atoms with Gasteiger partial charge in [0, 0.05) is 37.2 Å². The van der Waals surface area contributed by atoms with E-state index in [1.807, 2.05) is 20.8 Å². The Hall–Kier alpha value is -2.37. The van der Waals surface area contributed by atoms with Gasteiger partial charge in [-0.05, 0) is 57.9 Å². The normalized spacial score (nSPS) is 15.6. The highest BCUT2D eigenvalue weighted by molar-refractivity contribution is 5.98. The summed E-state index contributed by atoms with van der Waals surface area (Å²) >= 11 is 0. The van der Waals surface area contributed by atoms with Crippen LogP contribution in [0.5, 0.6) is 0 Å². The number of carbonyl (C=O) groups excluding carboxylic acids is 3. The summed E-state index contributed by atoms with van der Waals surface area (Å²) in [6.45, 7) is 8.01. The van der Waals surface area contributed by atoms with Gasteiger partial charge in [0.2, 0.25) is 5.91 Å². The second kappa shape index (κ2) is 7.68. The third kappa shape index (κ3) is 5.59. The van der Waals surface area contributed by atoms with Crippen LogP contribution in [0.1, 0.15) is 50.9 Å². The van der Waals surface area contributed by atoms with E-state index < -0.39 is 5.60 Å². The number of likely N-dealkylation sites (tertiary alicyclic amines) is 1. The fourth-order valence-corrected chi connectivity index (χ4v) is 2.81. The summed E-state index contributed by atoms with van der Waals surface area (Å²) in [5.74, 6) is -0.155. The zero-order valence-electron chi connectivity index (χ0n) is 15.3. The molecule has 0 radical (unpaired) electrons. The number of carbonyl (C=O) groups is 3. The molecule has 1 aliphatic heterocycles. The van der Waals surface area contributed by atoms with E-state index in [9.17, 15) is 14.4 Å². The molecule has 6 nitrogen and oxygen atoms in total. The van der Waals surface area contributed by atoms with E-state index in [2.05, 4.69) is 5.32 Å². The minimum atomic E-state index is -0.514. The van der Waals surface area contributed by atoms with Gasteiger partial charge >= 0.3 is 6.09 Å². The molecule has 1 saturated heterocycles. The quantitative estimate of drug-likeness (QED) is 0.850. The zero-order chi connectivity index (χ0) is 18.6. The lowest BCUT2D eigenvalue weighted by Gasteiger charge is -2.33. The minimum Gasteiger partial charge on any atom is -0.444 e. The number of hydrogen-bond acceptors (Lipinski definition) is 4. The van der Waals surface area contributed by atoms with Crippen molar-refractivity contribution in [3.8, 4) is 0 Å². The van der Waals surface area contributed by atoms with Gasteiger partial charge in [0.15, 0.2) is 5.78 Å². The van der Waals surface area contributed by atoms with Crippen molar-refractivity contribution in [3.63, 3.8) is 0 Å². The van der Waals surface area contributed by atoms with Crippen molar-refractivity contribution in [2.75, 3.05) is 18.4 Å². The van der Waals surface area contributed by atoms with E-state index in [1.165, 1.54) is 6.92 Å². The average Bonchev–Trinajstić information content (AvgIpc) is 2.53. The maximum Gasteiger partial charge on any atom is 0.410 e. The van der Waals surface area contributed by atoms with Crippen LogP contribution in [-0.4, -0.2) is 41.4 Å². The zero-order valence-corrected chi connectivity index (χ0v) is 15.3. The maximum atomic E-state index is 12.6. The van der Waals surface area contributed by atoms with Gasteiger partial charge in [-0.25, -0.2) is 4.79 Å². The summed E-state index contributed by atoms with van der Waals surface area (Å²) in [5, 5.41) is 2.68. The molecule has 6 heteroatoms. The van der Waals surface area contributed by atoms with Crippen LogP contribution in [-0.2, 0) is 9.53 Å². The molecule has 1 aromatic carbocycles. The Morgan fingerprint density at radius 2 is 1.64 bits per heavy atom. The lowest BCUT2D eigenvalue weighted by Crippen LogP contribution is -2.43. The highest BCUT2D eigenvalue weighted by Crippen LogP contribution is 2.24. The Balaban J connectivity index is 1.90. The topological polar surface area (TPSA) is 75.7 Å². The number of piperidine rings is 1. The number of nitrogens with one attached hydrogen (secondary N) is 1. The molecular weight excluding hydrogens is 320 g/mol. The number of anilines is 1. The Morgan fingerprint density at radius 1 is 1.08 bits per heavy atom. The molecule has 1 fully saturated rings. The van der Waals surface area contributed by atoms with Crippen LogP contribution in [0.2, 0.25) is 0 Å². The molecule has 1 aromatic rings. The van der Waals surface area contributed by atoms with Crippen molar-refractivity contribution in [1.82, 2.24) is 4.90 Å². The second-order valence-corrected chi connectivity index (χ2v) is 7.36. The number of rotatable bonds is 3. The average molecular weight is 346 g/mol. The maximum absolute atomic E-state index is 12.6. The number of Topliss-reactive ketones (excluding diaryl/α,β-unsaturated/α-hetero) is 1. The SMILES string of the molecule is CC(=O)Nc1ccc(C(=O)C2CCN(C(=O)OC(C)(C)C)CC2)cc1. The van der Waals surface area contributed by atoms with E-state index >= 15 is 0 Å². The van der Waals surface area contributed by atoms with Crippen LogP contribution >= 0.6 is 0 Å². The fraction of sp³-hybridized carbons (Fsp3) is 0.526. The molecule has 2 rings (SSSR count). The predicted octanol–water partition coefficient (Wildman–Crippen LogP) is 3.47. The number of ketones is 1. The van der Waals surface area contributed by atoms with E-state index in [1.54, 1.807) is 29.2 Å². The van der Waals surface area contributed by atoms with E-state index in [0.717, 1.165) is 0 Å². The molecule has 0 spiro atoms. The number of benzene rings is 1. The van der Waals surface area contributed by atoms with Crippen LogP contribution < -0.4 is 5.32 Å². The monoisotopic (exact) mass is 346 g/mol. The summed E-state index contributed by atoms with van der Waals surface area (Å²) in [6, 6.07) is 6.91. The van der Waals surface area contributed by atoms with Crippen LogP contribution in [0, 0.1) is 5.92 Å². The number of hydrogen-bond donors (Lipinski definition) is 1. The molecule has 2 amide bonds. The summed E-state index contributed by atoms with van der Waals surface area (Å²) in [5.41, 5.74) is 0.785. The first-order valence-corrected chi connectivity index (χ1v) is 8.55. The number of ether oxygens (including phenoxy) is 1. The van der Waals surface area contributed by atoms with Crippen LogP contribution in [0.15, 0.2) is 24.3 Å². The molecule has 0 aliphatic carbocycles. The minimum absolute atomic E-state index is 0.0817. The molecule has 0 unspecified atom stereocenters. The lowest BCUT2D eigenvalue weighted by atomic mass is 9.89. The molecular formula is C19H26N2O4. The molecule has 1 N–H and O–H groups in total. The van der Waals surface area contributed by atoms with E-state index in [4.69, 9.17) is 4.74 Å². The Labute approximate surface area is 148 Å². The third-order valence-corrected chi connectivity index (χ3v) is 4.01. The first-order valence-electron chi connectivity index (χ1n) is 8.55. The Bertz CT molecular complexity index is 638. The van der Waals surface area contributed by atoms with E-state index in [0.29, 0.717) is 37.2 Å². The number of nitrogens with zero attached hydrogens (tertiary/aromatic N) is 1. The number of amides is 2. The Morgan fingerprint density at radius 3 is 2.12 bits per heavy atom. The van der Waals surface area contributed by atoms with Gasteiger partial charge in [-0.1, -0.05) is 0 Å². The standard InChI is InChI=1S/C19H26N2O4/c1-13(22)20-16-7-5-14(6-8-16)17(23)15-9-11-21(12-10-15)18(24)25-19(2,3)4/h5-8,15H,9-12H2,1-4H3,(H,20,22). The molecule has 0 bridgehead atoms. The largest absolute Gasteiger partial charge is 0.444 e.